The fourth-order valence-electron chi connectivity index (χ4n) is 4.33. The number of nitrogens with one attached hydrogen (secondary N) is 1. The third kappa shape index (κ3) is 5.18. The SMILES string of the molecule is CC(C)N1CCOc2c(F)cc(-c3nc(Nc4ccc(CN5CCOCC5)cn4)ncc3F)cc21. The molecular weight excluding hydrogens is 454 g/mol. The molecule has 8 nitrogen and oxygen atoms in total. The van der Waals surface area contributed by atoms with Crippen LogP contribution in [0.2, 0.25) is 0 Å². The van der Waals surface area contributed by atoms with Gasteiger partial charge >= 0.3 is 0 Å². The Morgan fingerprint density at radius 1 is 1.00 bits per heavy atom. The number of rotatable bonds is 6. The molecule has 184 valence electrons. The molecule has 0 spiro atoms. The number of nitrogens with zero attached hydrogens (tertiary/aromatic N) is 5. The van der Waals surface area contributed by atoms with E-state index < -0.39 is 11.6 Å². The van der Waals surface area contributed by atoms with Crippen molar-refractivity contribution in [2.75, 3.05) is 49.7 Å². The lowest BCUT2D eigenvalue weighted by molar-refractivity contribution is 0.0341. The van der Waals surface area contributed by atoms with Crippen molar-refractivity contribution in [2.24, 2.45) is 0 Å². The molecular formula is C25H28F2N6O2. The Bertz CT molecular complexity index is 1190. The number of ether oxygens (including phenoxy) is 2. The van der Waals surface area contributed by atoms with Gasteiger partial charge in [-0.1, -0.05) is 6.07 Å². The molecule has 0 radical (unpaired) electrons. The van der Waals surface area contributed by atoms with Gasteiger partial charge in [0.1, 0.15) is 18.1 Å². The molecule has 1 aromatic carbocycles. The molecule has 4 heterocycles. The first-order valence-corrected chi connectivity index (χ1v) is 11.8. The number of aromatic nitrogens is 3. The Labute approximate surface area is 202 Å². The van der Waals surface area contributed by atoms with Crippen molar-refractivity contribution in [3.63, 3.8) is 0 Å². The Kier molecular flexibility index (Phi) is 6.74. The van der Waals surface area contributed by atoms with E-state index in [0.717, 1.165) is 44.6 Å². The zero-order valence-corrected chi connectivity index (χ0v) is 19.8. The van der Waals surface area contributed by atoms with E-state index in [4.69, 9.17) is 9.47 Å². The topological polar surface area (TPSA) is 75.6 Å². The van der Waals surface area contributed by atoms with Crippen molar-refractivity contribution >= 4 is 17.5 Å². The molecule has 2 aromatic heterocycles. The van der Waals surface area contributed by atoms with E-state index in [1.165, 1.54) is 6.07 Å². The fourth-order valence-corrected chi connectivity index (χ4v) is 4.33. The summed E-state index contributed by atoms with van der Waals surface area (Å²) in [7, 11) is 0. The number of hydrogen-bond donors (Lipinski definition) is 1. The summed E-state index contributed by atoms with van der Waals surface area (Å²) in [5.41, 5.74) is 1.99. The maximum absolute atomic E-state index is 14.9. The molecule has 5 rings (SSSR count). The summed E-state index contributed by atoms with van der Waals surface area (Å²) in [6, 6.07) is 6.91. The standard InChI is InChI=1S/C25H28F2N6O2/c1-16(2)33-7-10-35-24-19(26)11-18(12-21(24)33)23-20(27)14-29-25(31-23)30-22-4-3-17(13-28-22)15-32-5-8-34-9-6-32/h3-4,11-14,16H,5-10,15H2,1-2H3,(H,28,29,30,31). The molecule has 0 amide bonds. The Balaban J connectivity index is 1.37. The number of anilines is 3. The third-order valence-electron chi connectivity index (χ3n) is 6.13. The van der Waals surface area contributed by atoms with Gasteiger partial charge in [0.05, 0.1) is 31.6 Å². The number of benzene rings is 1. The Hall–Kier alpha value is -3.37. The first-order chi connectivity index (χ1) is 17.0. The van der Waals surface area contributed by atoms with E-state index in [9.17, 15) is 8.78 Å². The van der Waals surface area contributed by atoms with Gasteiger partial charge in [0.2, 0.25) is 5.95 Å². The highest BCUT2D eigenvalue weighted by atomic mass is 19.1. The molecule has 10 heteroatoms. The highest BCUT2D eigenvalue weighted by Crippen LogP contribution is 2.39. The molecule has 1 saturated heterocycles. The zero-order chi connectivity index (χ0) is 24.4. The summed E-state index contributed by atoms with van der Waals surface area (Å²) in [4.78, 5) is 17.2. The molecule has 35 heavy (non-hydrogen) atoms. The number of halogens is 2. The van der Waals surface area contributed by atoms with Crippen LogP contribution in [-0.4, -0.2) is 65.3 Å². The summed E-state index contributed by atoms with van der Waals surface area (Å²) in [5, 5.41) is 3.01. The van der Waals surface area contributed by atoms with Crippen LogP contribution in [0.15, 0.2) is 36.7 Å². The molecule has 1 fully saturated rings. The third-order valence-corrected chi connectivity index (χ3v) is 6.13. The molecule has 0 bridgehead atoms. The number of morpholine rings is 1. The van der Waals surface area contributed by atoms with Gasteiger partial charge in [-0.05, 0) is 37.6 Å². The van der Waals surface area contributed by atoms with Crippen molar-refractivity contribution in [2.45, 2.75) is 26.4 Å². The summed E-state index contributed by atoms with van der Waals surface area (Å²) in [6.45, 7) is 9.15. The number of hydrogen-bond acceptors (Lipinski definition) is 8. The van der Waals surface area contributed by atoms with E-state index in [1.807, 2.05) is 30.9 Å². The average molecular weight is 483 g/mol. The van der Waals surface area contributed by atoms with Gasteiger partial charge in [-0.3, -0.25) is 4.90 Å². The maximum atomic E-state index is 14.9. The molecule has 0 aliphatic carbocycles. The van der Waals surface area contributed by atoms with Crippen LogP contribution in [0.5, 0.6) is 5.75 Å². The minimum atomic E-state index is -0.642. The van der Waals surface area contributed by atoms with Crippen molar-refractivity contribution < 1.29 is 18.3 Å². The molecule has 1 N–H and O–H groups in total. The predicted octanol–water partition coefficient (Wildman–Crippen LogP) is 4.00. The van der Waals surface area contributed by atoms with Crippen molar-refractivity contribution in [1.82, 2.24) is 19.9 Å². The molecule has 2 aliphatic heterocycles. The van der Waals surface area contributed by atoms with E-state index in [2.05, 4.69) is 25.2 Å². The maximum Gasteiger partial charge on any atom is 0.229 e. The molecule has 0 atom stereocenters. The van der Waals surface area contributed by atoms with Crippen LogP contribution in [0.3, 0.4) is 0 Å². The zero-order valence-electron chi connectivity index (χ0n) is 19.8. The molecule has 0 saturated carbocycles. The van der Waals surface area contributed by atoms with E-state index in [0.29, 0.717) is 30.2 Å². The lowest BCUT2D eigenvalue weighted by atomic mass is 10.1. The largest absolute Gasteiger partial charge is 0.486 e. The van der Waals surface area contributed by atoms with Gasteiger partial charge in [-0.2, -0.15) is 0 Å². The fraction of sp³-hybridized carbons (Fsp3) is 0.400. The summed E-state index contributed by atoms with van der Waals surface area (Å²) >= 11 is 0. The van der Waals surface area contributed by atoms with Gasteiger partial charge in [-0.15, -0.1) is 0 Å². The summed E-state index contributed by atoms with van der Waals surface area (Å²) < 4.78 is 40.6. The minimum Gasteiger partial charge on any atom is -0.486 e. The van der Waals surface area contributed by atoms with Crippen LogP contribution in [0, 0.1) is 11.6 Å². The van der Waals surface area contributed by atoms with Crippen LogP contribution >= 0.6 is 0 Å². The lowest BCUT2D eigenvalue weighted by Crippen LogP contribution is -2.38. The van der Waals surface area contributed by atoms with E-state index >= 15 is 0 Å². The van der Waals surface area contributed by atoms with Crippen molar-refractivity contribution in [3.05, 3.63) is 53.9 Å². The van der Waals surface area contributed by atoms with Crippen LogP contribution in [-0.2, 0) is 11.3 Å². The van der Waals surface area contributed by atoms with Crippen LogP contribution in [0.25, 0.3) is 11.3 Å². The first kappa shape index (κ1) is 23.4. The number of fused-ring (bicyclic) bond motifs is 1. The van der Waals surface area contributed by atoms with Gasteiger partial charge in [0.15, 0.2) is 17.4 Å². The monoisotopic (exact) mass is 482 g/mol. The lowest BCUT2D eigenvalue weighted by Gasteiger charge is -2.34. The van der Waals surface area contributed by atoms with E-state index in [-0.39, 0.29) is 23.4 Å². The predicted molar refractivity (Wildman–Crippen MR) is 129 cm³/mol. The smallest absolute Gasteiger partial charge is 0.229 e. The van der Waals surface area contributed by atoms with Crippen LogP contribution in [0.4, 0.5) is 26.2 Å². The minimum absolute atomic E-state index is 0.00224. The highest BCUT2D eigenvalue weighted by Gasteiger charge is 2.25. The molecule has 2 aliphatic rings. The molecule has 0 unspecified atom stereocenters. The second-order valence-corrected chi connectivity index (χ2v) is 8.90. The summed E-state index contributed by atoms with van der Waals surface area (Å²) in [5.74, 6) is -0.304. The van der Waals surface area contributed by atoms with Crippen molar-refractivity contribution in [1.29, 1.82) is 0 Å². The van der Waals surface area contributed by atoms with Crippen LogP contribution < -0.4 is 15.0 Å². The van der Waals surface area contributed by atoms with Crippen molar-refractivity contribution in [3.8, 4) is 17.0 Å². The molecule has 3 aromatic rings. The normalized spacial score (nSPS) is 16.2. The van der Waals surface area contributed by atoms with Gasteiger partial charge in [0.25, 0.3) is 0 Å². The van der Waals surface area contributed by atoms with Gasteiger partial charge in [0, 0.05) is 37.4 Å². The van der Waals surface area contributed by atoms with Crippen LogP contribution in [0.1, 0.15) is 19.4 Å². The Morgan fingerprint density at radius 3 is 2.57 bits per heavy atom. The quantitative estimate of drug-likeness (QED) is 0.565. The Morgan fingerprint density at radius 2 is 1.83 bits per heavy atom. The first-order valence-electron chi connectivity index (χ1n) is 11.8. The summed E-state index contributed by atoms with van der Waals surface area (Å²) in [6.07, 6.45) is 2.87. The average Bonchev–Trinajstić information content (AvgIpc) is 2.86. The number of pyridine rings is 1. The van der Waals surface area contributed by atoms with Gasteiger partial charge in [-0.25, -0.2) is 23.7 Å². The van der Waals surface area contributed by atoms with E-state index in [1.54, 1.807) is 12.3 Å². The highest BCUT2D eigenvalue weighted by molar-refractivity contribution is 5.73. The van der Waals surface area contributed by atoms with Gasteiger partial charge < -0.3 is 19.7 Å². The second kappa shape index (κ2) is 10.1. The second-order valence-electron chi connectivity index (χ2n) is 8.90.